The summed E-state index contributed by atoms with van der Waals surface area (Å²) >= 11 is 0. The standard InChI is InChI=1S/C24H37N3O3/c1-3-5-9-18(4-2)23(28)26-19-11-12-22(27-13-6-7-14-27)21(16-19)24(29)25-17-20-10-8-15-30-20/h11-12,16,18,20H,3-10,13-15,17H2,1-2H3,(H,25,29)(H,26,28)/t18-,20-/m1/s1. The zero-order chi connectivity index (χ0) is 21.3. The minimum absolute atomic E-state index is 0.0139. The van der Waals surface area contributed by atoms with E-state index in [-0.39, 0.29) is 23.8 Å². The van der Waals surface area contributed by atoms with E-state index in [4.69, 9.17) is 4.74 Å². The van der Waals surface area contributed by atoms with Crippen molar-refractivity contribution in [3.63, 3.8) is 0 Å². The van der Waals surface area contributed by atoms with Gasteiger partial charge in [0.2, 0.25) is 5.91 Å². The number of amides is 2. The molecule has 2 aliphatic heterocycles. The van der Waals surface area contributed by atoms with Gasteiger partial charge in [0.1, 0.15) is 0 Å². The van der Waals surface area contributed by atoms with Crippen LogP contribution in [0, 0.1) is 5.92 Å². The summed E-state index contributed by atoms with van der Waals surface area (Å²) in [7, 11) is 0. The van der Waals surface area contributed by atoms with E-state index < -0.39 is 0 Å². The van der Waals surface area contributed by atoms with Crippen LogP contribution >= 0.6 is 0 Å². The van der Waals surface area contributed by atoms with Crippen molar-refractivity contribution in [3.8, 4) is 0 Å². The van der Waals surface area contributed by atoms with E-state index in [0.29, 0.717) is 17.8 Å². The number of hydrogen-bond acceptors (Lipinski definition) is 4. The summed E-state index contributed by atoms with van der Waals surface area (Å²) < 4.78 is 5.63. The van der Waals surface area contributed by atoms with Gasteiger partial charge in [0.15, 0.2) is 0 Å². The van der Waals surface area contributed by atoms with Crippen molar-refractivity contribution < 1.29 is 14.3 Å². The molecule has 0 unspecified atom stereocenters. The number of nitrogens with one attached hydrogen (secondary N) is 2. The molecule has 2 fully saturated rings. The highest BCUT2D eigenvalue weighted by Gasteiger charge is 2.23. The lowest BCUT2D eigenvalue weighted by Gasteiger charge is -2.23. The lowest BCUT2D eigenvalue weighted by atomic mass is 9.98. The van der Waals surface area contributed by atoms with Crippen molar-refractivity contribution >= 4 is 23.2 Å². The minimum atomic E-state index is -0.0958. The largest absolute Gasteiger partial charge is 0.376 e. The number of unbranched alkanes of at least 4 members (excludes halogenated alkanes) is 1. The molecule has 0 saturated carbocycles. The van der Waals surface area contributed by atoms with Crippen LogP contribution in [0.4, 0.5) is 11.4 Å². The first kappa shape index (κ1) is 22.6. The van der Waals surface area contributed by atoms with Gasteiger partial charge in [0, 0.05) is 43.5 Å². The third-order valence-corrected chi connectivity index (χ3v) is 6.24. The number of anilines is 2. The summed E-state index contributed by atoms with van der Waals surface area (Å²) in [6.07, 6.45) is 8.31. The van der Waals surface area contributed by atoms with Crippen LogP contribution in [0.3, 0.4) is 0 Å². The summed E-state index contributed by atoms with van der Waals surface area (Å²) in [5.41, 5.74) is 2.28. The van der Waals surface area contributed by atoms with Crippen LogP contribution in [0.2, 0.25) is 0 Å². The van der Waals surface area contributed by atoms with Crippen LogP contribution in [0.15, 0.2) is 18.2 Å². The number of benzene rings is 1. The first-order chi connectivity index (χ1) is 14.6. The Morgan fingerprint density at radius 1 is 1.20 bits per heavy atom. The number of ether oxygens (including phenoxy) is 1. The lowest BCUT2D eigenvalue weighted by Crippen LogP contribution is -2.33. The Morgan fingerprint density at radius 3 is 2.67 bits per heavy atom. The van der Waals surface area contributed by atoms with Gasteiger partial charge in [-0.1, -0.05) is 26.7 Å². The van der Waals surface area contributed by atoms with Gasteiger partial charge < -0.3 is 20.3 Å². The molecule has 2 aliphatic rings. The monoisotopic (exact) mass is 415 g/mol. The Balaban J connectivity index is 1.73. The molecule has 2 atom stereocenters. The molecule has 0 aliphatic carbocycles. The van der Waals surface area contributed by atoms with Crippen molar-refractivity contribution in [2.75, 3.05) is 36.5 Å². The summed E-state index contributed by atoms with van der Waals surface area (Å²) in [4.78, 5) is 28.0. The van der Waals surface area contributed by atoms with E-state index in [1.807, 2.05) is 18.2 Å². The maximum Gasteiger partial charge on any atom is 0.253 e. The topological polar surface area (TPSA) is 70.7 Å². The predicted octanol–water partition coefficient (Wildman–Crippen LogP) is 4.35. The second-order valence-corrected chi connectivity index (χ2v) is 8.51. The molecule has 1 aromatic rings. The van der Waals surface area contributed by atoms with Gasteiger partial charge >= 0.3 is 0 Å². The summed E-state index contributed by atoms with van der Waals surface area (Å²) in [6, 6.07) is 5.74. The number of nitrogens with zero attached hydrogens (tertiary/aromatic N) is 1. The van der Waals surface area contributed by atoms with Crippen molar-refractivity contribution in [1.82, 2.24) is 5.32 Å². The molecule has 1 aromatic carbocycles. The van der Waals surface area contributed by atoms with Crippen LogP contribution in [-0.2, 0) is 9.53 Å². The number of carbonyl (C=O) groups excluding carboxylic acids is 2. The smallest absolute Gasteiger partial charge is 0.253 e. The summed E-state index contributed by atoms with van der Waals surface area (Å²) in [5.74, 6) is -0.0351. The van der Waals surface area contributed by atoms with Gasteiger partial charge in [0.05, 0.1) is 11.7 Å². The molecule has 0 spiro atoms. The average molecular weight is 416 g/mol. The molecule has 2 heterocycles. The highest BCUT2D eigenvalue weighted by molar-refractivity contribution is 6.02. The molecule has 2 N–H and O–H groups in total. The van der Waals surface area contributed by atoms with Gasteiger partial charge in [-0.3, -0.25) is 9.59 Å². The van der Waals surface area contributed by atoms with Crippen LogP contribution in [-0.4, -0.2) is 44.2 Å². The fourth-order valence-electron chi connectivity index (χ4n) is 4.35. The van der Waals surface area contributed by atoms with Gasteiger partial charge in [-0.05, 0) is 56.7 Å². The first-order valence-electron chi connectivity index (χ1n) is 11.7. The molecule has 0 radical (unpaired) electrons. The Hall–Kier alpha value is -2.08. The number of hydrogen-bond donors (Lipinski definition) is 2. The average Bonchev–Trinajstić information content (AvgIpc) is 3.47. The van der Waals surface area contributed by atoms with E-state index in [1.165, 1.54) is 0 Å². The Labute approximate surface area is 180 Å². The normalized spacial score (nSPS) is 19.7. The van der Waals surface area contributed by atoms with Crippen molar-refractivity contribution in [1.29, 1.82) is 0 Å². The number of rotatable bonds is 10. The quantitative estimate of drug-likeness (QED) is 0.596. The molecule has 0 aromatic heterocycles. The first-order valence-corrected chi connectivity index (χ1v) is 11.7. The zero-order valence-electron chi connectivity index (χ0n) is 18.5. The van der Waals surface area contributed by atoms with Gasteiger partial charge in [0.25, 0.3) is 5.91 Å². The maximum atomic E-state index is 13.0. The van der Waals surface area contributed by atoms with E-state index in [1.54, 1.807) is 0 Å². The highest BCUT2D eigenvalue weighted by Crippen LogP contribution is 2.28. The maximum absolute atomic E-state index is 13.0. The molecular formula is C24H37N3O3. The molecule has 2 amide bonds. The Morgan fingerprint density at radius 2 is 2.00 bits per heavy atom. The molecule has 6 nitrogen and oxygen atoms in total. The second kappa shape index (κ2) is 11.3. The highest BCUT2D eigenvalue weighted by atomic mass is 16.5. The van der Waals surface area contributed by atoms with Crippen molar-refractivity contribution in [2.45, 2.75) is 71.3 Å². The predicted molar refractivity (Wildman–Crippen MR) is 121 cm³/mol. The summed E-state index contributed by atoms with van der Waals surface area (Å²) in [6.45, 7) is 7.43. The fraction of sp³-hybridized carbons (Fsp3) is 0.667. The molecule has 2 saturated heterocycles. The van der Waals surface area contributed by atoms with E-state index in [9.17, 15) is 9.59 Å². The summed E-state index contributed by atoms with van der Waals surface area (Å²) in [5, 5.41) is 6.09. The van der Waals surface area contributed by atoms with E-state index >= 15 is 0 Å². The fourth-order valence-corrected chi connectivity index (χ4v) is 4.35. The lowest BCUT2D eigenvalue weighted by molar-refractivity contribution is -0.120. The van der Waals surface area contributed by atoms with Gasteiger partial charge in [-0.25, -0.2) is 0 Å². The number of carbonyl (C=O) groups is 2. The molecule has 166 valence electrons. The molecular weight excluding hydrogens is 378 g/mol. The van der Waals surface area contributed by atoms with Crippen LogP contribution in [0.25, 0.3) is 0 Å². The Bertz CT molecular complexity index is 710. The zero-order valence-corrected chi connectivity index (χ0v) is 18.5. The third-order valence-electron chi connectivity index (χ3n) is 6.24. The van der Waals surface area contributed by atoms with Crippen molar-refractivity contribution in [2.24, 2.45) is 5.92 Å². The van der Waals surface area contributed by atoms with Gasteiger partial charge in [-0.15, -0.1) is 0 Å². The van der Waals surface area contributed by atoms with Crippen molar-refractivity contribution in [3.05, 3.63) is 23.8 Å². The molecule has 0 bridgehead atoms. The Kier molecular flexibility index (Phi) is 8.55. The van der Waals surface area contributed by atoms with Gasteiger partial charge in [-0.2, -0.15) is 0 Å². The molecule has 6 heteroatoms. The van der Waals surface area contributed by atoms with Crippen LogP contribution in [0.1, 0.15) is 75.6 Å². The van der Waals surface area contributed by atoms with Crippen LogP contribution in [0.5, 0.6) is 0 Å². The van der Waals surface area contributed by atoms with Crippen LogP contribution < -0.4 is 15.5 Å². The van der Waals surface area contributed by atoms with E-state index in [2.05, 4.69) is 29.4 Å². The second-order valence-electron chi connectivity index (χ2n) is 8.51. The SMILES string of the molecule is CCCC[C@@H](CC)C(=O)Nc1ccc(N2CCCC2)c(C(=O)NC[C@H]2CCCO2)c1. The molecule has 3 rings (SSSR count). The third kappa shape index (κ3) is 5.97. The van der Waals surface area contributed by atoms with E-state index in [0.717, 1.165) is 76.8 Å². The minimum Gasteiger partial charge on any atom is -0.376 e. The molecule has 30 heavy (non-hydrogen) atoms.